The van der Waals surface area contributed by atoms with Gasteiger partial charge in [-0.05, 0) is 49.4 Å². The molecular weight excluding hydrogens is 186 g/mol. The fourth-order valence-electron chi connectivity index (χ4n) is 1.63. The molecule has 84 valence electrons. The van der Waals surface area contributed by atoms with E-state index in [2.05, 4.69) is 19.1 Å². The lowest BCUT2D eigenvalue weighted by Gasteiger charge is -2.09. The van der Waals surface area contributed by atoms with Crippen molar-refractivity contribution in [1.29, 1.82) is 0 Å². The minimum absolute atomic E-state index is 0.720. The van der Waals surface area contributed by atoms with Gasteiger partial charge in [0.1, 0.15) is 5.75 Å². The fourth-order valence-corrected chi connectivity index (χ4v) is 1.63. The molecule has 2 N–H and O–H groups in total. The zero-order valence-corrected chi connectivity index (χ0v) is 9.70. The largest absolute Gasteiger partial charge is 0.497 e. The van der Waals surface area contributed by atoms with Crippen molar-refractivity contribution in [1.82, 2.24) is 0 Å². The Morgan fingerprint density at radius 3 is 2.40 bits per heavy atom. The molecule has 0 spiro atoms. The van der Waals surface area contributed by atoms with Crippen molar-refractivity contribution in [2.45, 2.75) is 26.2 Å². The van der Waals surface area contributed by atoms with E-state index in [0.717, 1.165) is 31.1 Å². The van der Waals surface area contributed by atoms with Gasteiger partial charge in [-0.1, -0.05) is 19.1 Å². The zero-order chi connectivity index (χ0) is 11.1. The third-order valence-electron chi connectivity index (χ3n) is 2.74. The van der Waals surface area contributed by atoms with Crippen LogP contribution in [0, 0.1) is 5.92 Å². The molecule has 0 saturated carbocycles. The lowest BCUT2D eigenvalue weighted by molar-refractivity contribution is 0.414. The van der Waals surface area contributed by atoms with E-state index in [1.165, 1.54) is 12.0 Å². The van der Waals surface area contributed by atoms with Crippen LogP contribution in [0.25, 0.3) is 0 Å². The summed E-state index contributed by atoms with van der Waals surface area (Å²) in [5.41, 5.74) is 6.89. The molecule has 0 amide bonds. The highest BCUT2D eigenvalue weighted by molar-refractivity contribution is 5.27. The summed E-state index contributed by atoms with van der Waals surface area (Å²) in [6.45, 7) is 3.06. The Bertz CT molecular complexity index is 268. The van der Waals surface area contributed by atoms with Crippen LogP contribution in [0.15, 0.2) is 24.3 Å². The van der Waals surface area contributed by atoms with Gasteiger partial charge < -0.3 is 10.5 Å². The van der Waals surface area contributed by atoms with Crippen molar-refractivity contribution < 1.29 is 4.74 Å². The van der Waals surface area contributed by atoms with Gasteiger partial charge in [0.2, 0.25) is 0 Å². The predicted molar refractivity (Wildman–Crippen MR) is 64.2 cm³/mol. The smallest absolute Gasteiger partial charge is 0.118 e. The molecule has 0 aliphatic carbocycles. The maximum Gasteiger partial charge on any atom is 0.118 e. The molecule has 15 heavy (non-hydrogen) atoms. The Morgan fingerprint density at radius 2 is 1.87 bits per heavy atom. The Balaban J connectivity index is 2.37. The fraction of sp³-hybridized carbons (Fsp3) is 0.538. The Morgan fingerprint density at radius 1 is 1.20 bits per heavy atom. The van der Waals surface area contributed by atoms with Crippen LogP contribution in [-0.2, 0) is 6.42 Å². The van der Waals surface area contributed by atoms with E-state index in [-0.39, 0.29) is 0 Å². The van der Waals surface area contributed by atoms with E-state index < -0.39 is 0 Å². The van der Waals surface area contributed by atoms with E-state index in [1.807, 2.05) is 12.1 Å². The summed E-state index contributed by atoms with van der Waals surface area (Å²) in [5, 5.41) is 0. The van der Waals surface area contributed by atoms with Crippen molar-refractivity contribution in [3.8, 4) is 5.75 Å². The predicted octanol–water partition coefficient (Wildman–Crippen LogP) is 2.61. The highest BCUT2D eigenvalue weighted by Gasteiger charge is 2.01. The summed E-state index contributed by atoms with van der Waals surface area (Å²) < 4.78 is 5.12. The molecule has 0 radical (unpaired) electrons. The number of hydrogen-bond acceptors (Lipinski definition) is 2. The molecule has 2 nitrogen and oxygen atoms in total. The first kappa shape index (κ1) is 12.1. The zero-order valence-electron chi connectivity index (χ0n) is 9.70. The van der Waals surface area contributed by atoms with Crippen molar-refractivity contribution in [3.05, 3.63) is 29.8 Å². The molecule has 1 unspecified atom stereocenters. The number of methoxy groups -OCH3 is 1. The summed E-state index contributed by atoms with van der Waals surface area (Å²) >= 11 is 0. The van der Waals surface area contributed by atoms with Crippen LogP contribution in [0.3, 0.4) is 0 Å². The second-order valence-corrected chi connectivity index (χ2v) is 4.07. The summed E-state index contributed by atoms with van der Waals surface area (Å²) in [6.07, 6.45) is 3.46. The van der Waals surface area contributed by atoms with E-state index in [1.54, 1.807) is 7.11 Å². The molecule has 0 aliphatic heterocycles. The first-order chi connectivity index (χ1) is 7.26. The van der Waals surface area contributed by atoms with Gasteiger partial charge in [0.05, 0.1) is 7.11 Å². The number of ether oxygens (including phenoxy) is 1. The second-order valence-electron chi connectivity index (χ2n) is 4.07. The van der Waals surface area contributed by atoms with Crippen molar-refractivity contribution in [2.24, 2.45) is 11.7 Å². The lowest BCUT2D eigenvalue weighted by Crippen LogP contribution is -2.06. The molecule has 1 atom stereocenters. The molecular formula is C13H21NO. The minimum atomic E-state index is 0.720. The van der Waals surface area contributed by atoms with Crippen molar-refractivity contribution >= 4 is 0 Å². The van der Waals surface area contributed by atoms with Gasteiger partial charge in [0.15, 0.2) is 0 Å². The highest BCUT2D eigenvalue weighted by atomic mass is 16.5. The second kappa shape index (κ2) is 6.46. The van der Waals surface area contributed by atoms with Crippen LogP contribution in [0.5, 0.6) is 5.75 Å². The summed E-state index contributed by atoms with van der Waals surface area (Å²) in [6, 6.07) is 8.30. The number of aryl methyl sites for hydroxylation is 1. The van der Waals surface area contributed by atoms with Crippen LogP contribution in [0.1, 0.15) is 25.3 Å². The van der Waals surface area contributed by atoms with Crippen molar-refractivity contribution in [2.75, 3.05) is 13.7 Å². The molecule has 0 bridgehead atoms. The third kappa shape index (κ3) is 4.34. The summed E-state index contributed by atoms with van der Waals surface area (Å²) in [7, 11) is 1.69. The summed E-state index contributed by atoms with van der Waals surface area (Å²) in [5.74, 6) is 1.64. The molecule has 0 fully saturated rings. The van der Waals surface area contributed by atoms with E-state index in [4.69, 9.17) is 10.5 Å². The molecule has 1 aromatic carbocycles. The number of benzene rings is 1. The van der Waals surface area contributed by atoms with Crippen LogP contribution in [0.4, 0.5) is 0 Å². The standard InChI is InChI=1S/C13H21NO/c1-11(9-10-14)3-4-12-5-7-13(15-2)8-6-12/h5-8,11H,3-4,9-10,14H2,1-2H3. The SMILES string of the molecule is COc1ccc(CCC(C)CCN)cc1. The van der Waals surface area contributed by atoms with Crippen LogP contribution < -0.4 is 10.5 Å². The Labute approximate surface area is 92.4 Å². The average molecular weight is 207 g/mol. The Hall–Kier alpha value is -1.02. The van der Waals surface area contributed by atoms with Gasteiger partial charge in [-0.2, -0.15) is 0 Å². The highest BCUT2D eigenvalue weighted by Crippen LogP contribution is 2.15. The van der Waals surface area contributed by atoms with Gasteiger partial charge in [0, 0.05) is 0 Å². The van der Waals surface area contributed by atoms with Gasteiger partial charge in [0.25, 0.3) is 0 Å². The monoisotopic (exact) mass is 207 g/mol. The first-order valence-electron chi connectivity index (χ1n) is 5.59. The van der Waals surface area contributed by atoms with Gasteiger partial charge >= 0.3 is 0 Å². The van der Waals surface area contributed by atoms with Crippen molar-refractivity contribution in [3.63, 3.8) is 0 Å². The molecule has 1 rings (SSSR count). The molecule has 0 aromatic heterocycles. The maximum absolute atomic E-state index is 5.52. The topological polar surface area (TPSA) is 35.2 Å². The molecule has 2 heteroatoms. The van der Waals surface area contributed by atoms with E-state index in [9.17, 15) is 0 Å². The van der Waals surface area contributed by atoms with Crippen LogP contribution >= 0.6 is 0 Å². The molecule has 0 heterocycles. The maximum atomic E-state index is 5.52. The van der Waals surface area contributed by atoms with Gasteiger partial charge in [-0.25, -0.2) is 0 Å². The average Bonchev–Trinajstić information content (AvgIpc) is 2.27. The number of hydrogen-bond donors (Lipinski definition) is 1. The normalized spacial score (nSPS) is 12.5. The Kier molecular flexibility index (Phi) is 5.19. The first-order valence-corrected chi connectivity index (χ1v) is 5.59. The number of nitrogens with two attached hydrogens (primary N) is 1. The lowest BCUT2D eigenvalue weighted by atomic mass is 9.98. The molecule has 0 saturated heterocycles. The quantitative estimate of drug-likeness (QED) is 0.778. The van der Waals surface area contributed by atoms with Gasteiger partial charge in [-0.15, -0.1) is 0 Å². The molecule has 0 aliphatic rings. The van der Waals surface area contributed by atoms with Gasteiger partial charge in [-0.3, -0.25) is 0 Å². The van der Waals surface area contributed by atoms with Crippen LogP contribution in [0.2, 0.25) is 0 Å². The van der Waals surface area contributed by atoms with E-state index >= 15 is 0 Å². The molecule has 1 aromatic rings. The van der Waals surface area contributed by atoms with E-state index in [0.29, 0.717) is 0 Å². The third-order valence-corrected chi connectivity index (χ3v) is 2.74. The van der Waals surface area contributed by atoms with Crippen LogP contribution in [-0.4, -0.2) is 13.7 Å². The number of rotatable bonds is 6. The minimum Gasteiger partial charge on any atom is -0.497 e. The summed E-state index contributed by atoms with van der Waals surface area (Å²) in [4.78, 5) is 0.